The lowest BCUT2D eigenvalue weighted by Gasteiger charge is -2.14. The molecule has 6 heteroatoms. The molecule has 0 unspecified atom stereocenters. The molecular weight excluding hydrogens is 260 g/mol. The average Bonchev–Trinajstić information content (AvgIpc) is 2.46. The summed E-state index contributed by atoms with van der Waals surface area (Å²) in [7, 11) is 4.63. The van der Waals surface area contributed by atoms with Crippen molar-refractivity contribution in [1.82, 2.24) is 4.98 Å². The third-order valence-corrected chi connectivity index (χ3v) is 2.61. The molecule has 1 heterocycles. The normalized spacial score (nSPS) is 9.95. The molecule has 0 fully saturated rings. The summed E-state index contributed by atoms with van der Waals surface area (Å²) in [6.07, 6.45) is 0. The molecule has 0 saturated carbocycles. The highest BCUT2D eigenvalue weighted by atomic mass is 16.5. The molecule has 1 aromatic heterocycles. The first kappa shape index (κ1) is 13.8. The number of methoxy groups -OCH3 is 3. The minimum atomic E-state index is 0.384. The fourth-order valence-electron chi connectivity index (χ4n) is 1.72. The molecule has 0 aliphatic rings. The van der Waals surface area contributed by atoms with Crippen LogP contribution in [0.2, 0.25) is 0 Å². The van der Waals surface area contributed by atoms with Gasteiger partial charge in [-0.2, -0.15) is 4.98 Å². The molecule has 2 rings (SSSR count). The Labute approximate surface area is 117 Å². The van der Waals surface area contributed by atoms with Crippen LogP contribution in [0.15, 0.2) is 30.3 Å². The molecule has 0 amide bonds. The van der Waals surface area contributed by atoms with Crippen LogP contribution in [0.3, 0.4) is 0 Å². The number of hydrogen-bond acceptors (Lipinski definition) is 6. The molecule has 0 aliphatic heterocycles. The third-order valence-electron chi connectivity index (χ3n) is 2.61. The number of ether oxygens (including phenoxy) is 4. The van der Waals surface area contributed by atoms with E-state index in [0.717, 1.165) is 0 Å². The first-order valence-electron chi connectivity index (χ1n) is 5.88. The zero-order chi connectivity index (χ0) is 14.5. The van der Waals surface area contributed by atoms with Crippen molar-refractivity contribution >= 4 is 5.82 Å². The van der Waals surface area contributed by atoms with Crippen molar-refractivity contribution in [3.05, 3.63) is 30.3 Å². The molecule has 0 spiro atoms. The SMILES string of the molecule is COc1cc(Oc2cccc(N)n2)cc(OC)c1OC. The third kappa shape index (κ3) is 2.85. The van der Waals surface area contributed by atoms with Crippen LogP contribution >= 0.6 is 0 Å². The van der Waals surface area contributed by atoms with E-state index in [9.17, 15) is 0 Å². The van der Waals surface area contributed by atoms with Crippen LogP contribution in [0.4, 0.5) is 5.82 Å². The van der Waals surface area contributed by atoms with Crippen molar-refractivity contribution in [2.45, 2.75) is 0 Å². The Morgan fingerprint density at radius 1 is 0.950 bits per heavy atom. The van der Waals surface area contributed by atoms with E-state index in [1.54, 1.807) is 51.7 Å². The first-order chi connectivity index (χ1) is 9.67. The van der Waals surface area contributed by atoms with Gasteiger partial charge < -0.3 is 24.7 Å². The lowest BCUT2D eigenvalue weighted by atomic mass is 10.2. The van der Waals surface area contributed by atoms with E-state index in [4.69, 9.17) is 24.7 Å². The van der Waals surface area contributed by atoms with Crippen molar-refractivity contribution in [3.8, 4) is 28.9 Å². The van der Waals surface area contributed by atoms with E-state index in [1.807, 2.05) is 0 Å². The summed E-state index contributed by atoms with van der Waals surface area (Å²) in [5.41, 5.74) is 5.61. The van der Waals surface area contributed by atoms with Gasteiger partial charge in [-0.1, -0.05) is 6.07 Å². The van der Waals surface area contributed by atoms with Gasteiger partial charge in [0.2, 0.25) is 11.6 Å². The highest BCUT2D eigenvalue weighted by Gasteiger charge is 2.14. The van der Waals surface area contributed by atoms with Crippen molar-refractivity contribution < 1.29 is 18.9 Å². The smallest absolute Gasteiger partial charge is 0.221 e. The van der Waals surface area contributed by atoms with Gasteiger partial charge in [0.15, 0.2) is 11.5 Å². The lowest BCUT2D eigenvalue weighted by Crippen LogP contribution is -1.97. The number of aromatic nitrogens is 1. The Morgan fingerprint density at radius 3 is 2.10 bits per heavy atom. The molecule has 6 nitrogen and oxygen atoms in total. The molecule has 0 saturated heterocycles. The maximum atomic E-state index is 5.64. The summed E-state index contributed by atoms with van der Waals surface area (Å²) in [5.74, 6) is 2.80. The van der Waals surface area contributed by atoms with E-state index >= 15 is 0 Å². The van der Waals surface area contributed by atoms with Crippen molar-refractivity contribution in [3.63, 3.8) is 0 Å². The van der Waals surface area contributed by atoms with E-state index < -0.39 is 0 Å². The summed E-state index contributed by atoms with van der Waals surface area (Å²) in [6, 6.07) is 8.52. The average molecular weight is 276 g/mol. The number of nitrogen functional groups attached to an aromatic ring is 1. The number of anilines is 1. The summed E-state index contributed by atoms with van der Waals surface area (Å²) in [5, 5.41) is 0. The van der Waals surface area contributed by atoms with Crippen LogP contribution in [-0.2, 0) is 0 Å². The molecule has 0 bridgehead atoms. The minimum Gasteiger partial charge on any atom is -0.493 e. The largest absolute Gasteiger partial charge is 0.493 e. The Kier molecular flexibility index (Phi) is 4.14. The van der Waals surface area contributed by atoms with Gasteiger partial charge in [0.05, 0.1) is 21.3 Å². The van der Waals surface area contributed by atoms with Gasteiger partial charge in [0, 0.05) is 18.2 Å². The number of benzene rings is 1. The van der Waals surface area contributed by atoms with E-state index in [-0.39, 0.29) is 0 Å². The quantitative estimate of drug-likeness (QED) is 0.904. The molecule has 106 valence electrons. The van der Waals surface area contributed by atoms with Crippen molar-refractivity contribution in [1.29, 1.82) is 0 Å². The Morgan fingerprint density at radius 2 is 1.60 bits per heavy atom. The van der Waals surface area contributed by atoms with Gasteiger partial charge >= 0.3 is 0 Å². The topological polar surface area (TPSA) is 75.8 Å². The second-order valence-corrected chi connectivity index (χ2v) is 3.86. The van der Waals surface area contributed by atoms with Gasteiger partial charge in [-0.25, -0.2) is 0 Å². The second kappa shape index (κ2) is 6.01. The van der Waals surface area contributed by atoms with Crippen LogP contribution in [-0.4, -0.2) is 26.3 Å². The fourth-order valence-corrected chi connectivity index (χ4v) is 1.72. The number of rotatable bonds is 5. The second-order valence-electron chi connectivity index (χ2n) is 3.86. The van der Waals surface area contributed by atoms with Crippen LogP contribution in [0.5, 0.6) is 28.9 Å². The maximum absolute atomic E-state index is 5.64. The van der Waals surface area contributed by atoms with E-state index in [1.165, 1.54) is 0 Å². The molecule has 2 aromatic rings. The van der Waals surface area contributed by atoms with Gasteiger partial charge in [-0.05, 0) is 6.07 Å². The molecule has 2 N–H and O–H groups in total. The standard InChI is InChI=1S/C14H16N2O4/c1-17-10-7-9(8-11(18-2)14(10)19-3)20-13-6-4-5-12(15)16-13/h4-8H,1-3H3,(H2,15,16). The van der Waals surface area contributed by atoms with Crippen LogP contribution in [0.25, 0.3) is 0 Å². The van der Waals surface area contributed by atoms with Gasteiger partial charge in [0.1, 0.15) is 11.6 Å². The van der Waals surface area contributed by atoms with Crippen molar-refractivity contribution in [2.24, 2.45) is 0 Å². The maximum Gasteiger partial charge on any atom is 0.221 e. The van der Waals surface area contributed by atoms with E-state index in [0.29, 0.717) is 34.7 Å². The zero-order valence-corrected chi connectivity index (χ0v) is 11.5. The number of nitrogens with two attached hydrogens (primary N) is 1. The number of pyridine rings is 1. The monoisotopic (exact) mass is 276 g/mol. The van der Waals surface area contributed by atoms with Crippen LogP contribution in [0.1, 0.15) is 0 Å². The Balaban J connectivity index is 2.37. The van der Waals surface area contributed by atoms with Gasteiger partial charge in [-0.15, -0.1) is 0 Å². The molecular formula is C14H16N2O4. The first-order valence-corrected chi connectivity index (χ1v) is 5.88. The summed E-state index contributed by atoms with van der Waals surface area (Å²) in [6.45, 7) is 0. The highest BCUT2D eigenvalue weighted by molar-refractivity contribution is 5.56. The highest BCUT2D eigenvalue weighted by Crippen LogP contribution is 2.41. The van der Waals surface area contributed by atoms with Crippen LogP contribution < -0.4 is 24.7 Å². The van der Waals surface area contributed by atoms with Crippen LogP contribution in [0, 0.1) is 0 Å². The summed E-state index contributed by atoms with van der Waals surface area (Å²) < 4.78 is 21.4. The summed E-state index contributed by atoms with van der Waals surface area (Å²) >= 11 is 0. The van der Waals surface area contributed by atoms with E-state index in [2.05, 4.69) is 4.98 Å². The number of nitrogens with zero attached hydrogens (tertiary/aromatic N) is 1. The lowest BCUT2D eigenvalue weighted by molar-refractivity contribution is 0.320. The number of hydrogen-bond donors (Lipinski definition) is 1. The molecule has 0 radical (unpaired) electrons. The zero-order valence-electron chi connectivity index (χ0n) is 11.5. The summed E-state index contributed by atoms with van der Waals surface area (Å²) in [4.78, 5) is 4.06. The van der Waals surface area contributed by atoms with Gasteiger partial charge in [-0.3, -0.25) is 0 Å². The molecule has 1 aromatic carbocycles. The minimum absolute atomic E-state index is 0.384. The predicted octanol–water partition coefficient (Wildman–Crippen LogP) is 2.48. The predicted molar refractivity (Wildman–Crippen MR) is 74.8 cm³/mol. The van der Waals surface area contributed by atoms with Gasteiger partial charge in [0.25, 0.3) is 0 Å². The molecule has 0 aliphatic carbocycles. The fraction of sp³-hybridized carbons (Fsp3) is 0.214. The molecule has 0 atom stereocenters. The molecule has 20 heavy (non-hydrogen) atoms. The van der Waals surface area contributed by atoms with Crippen molar-refractivity contribution in [2.75, 3.05) is 27.1 Å². The Bertz CT molecular complexity index is 576. The Hall–Kier alpha value is -2.63.